The number of carbonyl (C=O) groups is 1. The molecule has 3 nitrogen and oxygen atoms in total. The van der Waals surface area contributed by atoms with E-state index in [1.54, 1.807) is 0 Å². The molecule has 1 aromatic rings. The maximum atomic E-state index is 11.2. The Morgan fingerprint density at radius 1 is 1.44 bits per heavy atom. The van der Waals surface area contributed by atoms with Crippen molar-refractivity contribution in [3.63, 3.8) is 0 Å². The highest BCUT2D eigenvalue weighted by Crippen LogP contribution is 2.22. The number of nitrogens with one attached hydrogen (secondary N) is 1. The Labute approximate surface area is 96.0 Å². The number of fused-ring (bicyclic) bond motifs is 1. The van der Waals surface area contributed by atoms with Crippen LogP contribution in [0.25, 0.3) is 0 Å². The van der Waals surface area contributed by atoms with E-state index >= 15 is 0 Å². The smallest absolute Gasteiger partial charge is 0.234 e. The van der Waals surface area contributed by atoms with Gasteiger partial charge in [0, 0.05) is 6.04 Å². The molecule has 0 heterocycles. The van der Waals surface area contributed by atoms with Crippen LogP contribution < -0.4 is 11.1 Å². The molecule has 1 atom stereocenters. The van der Waals surface area contributed by atoms with Crippen LogP contribution in [0, 0.1) is 0 Å². The summed E-state index contributed by atoms with van der Waals surface area (Å²) in [6.45, 7) is 1.98. The number of hydrogen-bond donors (Lipinski definition) is 2. The Kier molecular flexibility index (Phi) is 3.25. The van der Waals surface area contributed by atoms with Crippen molar-refractivity contribution in [2.75, 3.05) is 0 Å². The molecule has 2 rings (SSSR count). The molecule has 0 aromatic heterocycles. The van der Waals surface area contributed by atoms with Gasteiger partial charge in [0.2, 0.25) is 5.91 Å². The van der Waals surface area contributed by atoms with E-state index in [1.165, 1.54) is 11.1 Å². The predicted molar refractivity (Wildman–Crippen MR) is 64.0 cm³/mol. The van der Waals surface area contributed by atoms with Gasteiger partial charge in [-0.15, -0.1) is 0 Å². The molecule has 0 radical (unpaired) electrons. The van der Waals surface area contributed by atoms with Gasteiger partial charge in [0.25, 0.3) is 0 Å². The Hall–Kier alpha value is -1.35. The highest BCUT2D eigenvalue weighted by atomic mass is 16.1. The van der Waals surface area contributed by atoms with Crippen LogP contribution in [0.3, 0.4) is 0 Å². The van der Waals surface area contributed by atoms with Crippen LogP contribution in [-0.2, 0) is 17.6 Å². The van der Waals surface area contributed by atoms with Crippen LogP contribution in [0.15, 0.2) is 24.3 Å². The monoisotopic (exact) mass is 218 g/mol. The van der Waals surface area contributed by atoms with Crippen LogP contribution in [-0.4, -0.2) is 18.0 Å². The summed E-state index contributed by atoms with van der Waals surface area (Å²) in [4.78, 5) is 11.2. The van der Waals surface area contributed by atoms with Crippen LogP contribution in [0.2, 0.25) is 0 Å². The van der Waals surface area contributed by atoms with Crippen molar-refractivity contribution in [2.45, 2.75) is 38.3 Å². The molecule has 16 heavy (non-hydrogen) atoms. The van der Waals surface area contributed by atoms with Gasteiger partial charge in [0.1, 0.15) is 0 Å². The lowest BCUT2D eigenvalue weighted by molar-refractivity contribution is -0.120. The van der Waals surface area contributed by atoms with E-state index in [-0.39, 0.29) is 11.9 Å². The van der Waals surface area contributed by atoms with E-state index in [0.717, 1.165) is 19.3 Å². The number of rotatable bonds is 4. The SMILES string of the molecule is CCC(NC1Cc2ccccc2C1)C(N)=O. The maximum absolute atomic E-state index is 11.2. The molecule has 1 unspecified atom stereocenters. The zero-order valence-electron chi connectivity index (χ0n) is 9.57. The maximum Gasteiger partial charge on any atom is 0.234 e. The van der Waals surface area contributed by atoms with Crippen LogP contribution in [0.5, 0.6) is 0 Å². The van der Waals surface area contributed by atoms with E-state index < -0.39 is 0 Å². The van der Waals surface area contributed by atoms with Gasteiger partial charge < -0.3 is 11.1 Å². The number of amides is 1. The standard InChI is InChI=1S/C13H18N2O/c1-2-12(13(14)16)15-11-7-9-5-3-4-6-10(9)8-11/h3-6,11-12,15H,2,7-8H2,1H3,(H2,14,16). The lowest BCUT2D eigenvalue weighted by Crippen LogP contribution is -2.46. The second kappa shape index (κ2) is 4.66. The van der Waals surface area contributed by atoms with Crippen molar-refractivity contribution in [1.82, 2.24) is 5.32 Å². The van der Waals surface area contributed by atoms with Gasteiger partial charge in [0.05, 0.1) is 6.04 Å². The highest BCUT2D eigenvalue weighted by molar-refractivity contribution is 5.79. The topological polar surface area (TPSA) is 55.1 Å². The van der Waals surface area contributed by atoms with Crippen LogP contribution >= 0.6 is 0 Å². The van der Waals surface area contributed by atoms with Crippen molar-refractivity contribution in [3.05, 3.63) is 35.4 Å². The summed E-state index contributed by atoms with van der Waals surface area (Å²) in [5, 5.41) is 3.34. The third kappa shape index (κ3) is 2.25. The minimum Gasteiger partial charge on any atom is -0.368 e. The third-order valence-corrected chi connectivity index (χ3v) is 3.24. The minimum absolute atomic E-state index is 0.195. The average Bonchev–Trinajstić information content (AvgIpc) is 2.67. The molecule has 0 aliphatic heterocycles. The fourth-order valence-corrected chi connectivity index (χ4v) is 2.36. The van der Waals surface area contributed by atoms with Crippen molar-refractivity contribution < 1.29 is 4.79 Å². The molecule has 1 aromatic carbocycles. The molecule has 3 N–H and O–H groups in total. The Bertz CT molecular complexity index is 364. The summed E-state index contributed by atoms with van der Waals surface area (Å²) in [6, 6.07) is 8.60. The molecular weight excluding hydrogens is 200 g/mol. The highest BCUT2D eigenvalue weighted by Gasteiger charge is 2.24. The lowest BCUT2D eigenvalue weighted by Gasteiger charge is -2.18. The van der Waals surface area contributed by atoms with Crippen molar-refractivity contribution >= 4 is 5.91 Å². The van der Waals surface area contributed by atoms with E-state index in [9.17, 15) is 4.79 Å². The largest absolute Gasteiger partial charge is 0.368 e. The summed E-state index contributed by atoms with van der Waals surface area (Å²) in [6.07, 6.45) is 2.75. The summed E-state index contributed by atoms with van der Waals surface area (Å²) in [5.74, 6) is -0.251. The molecule has 1 amide bonds. The van der Waals surface area contributed by atoms with Crippen molar-refractivity contribution in [2.24, 2.45) is 5.73 Å². The normalized spacial score (nSPS) is 17.1. The summed E-state index contributed by atoms with van der Waals surface area (Å²) in [5.41, 5.74) is 8.11. The third-order valence-electron chi connectivity index (χ3n) is 3.24. The number of nitrogens with two attached hydrogens (primary N) is 1. The van der Waals surface area contributed by atoms with Crippen molar-refractivity contribution in [1.29, 1.82) is 0 Å². The predicted octanol–water partition coefficient (Wildman–Crippen LogP) is 1.01. The molecule has 0 fully saturated rings. The number of hydrogen-bond acceptors (Lipinski definition) is 2. The second-order valence-electron chi connectivity index (χ2n) is 4.40. The first-order chi connectivity index (χ1) is 7.70. The first-order valence-corrected chi connectivity index (χ1v) is 5.83. The molecule has 0 bridgehead atoms. The number of carbonyl (C=O) groups excluding carboxylic acids is 1. The van der Waals surface area contributed by atoms with Gasteiger partial charge in [-0.25, -0.2) is 0 Å². The second-order valence-corrected chi connectivity index (χ2v) is 4.40. The number of benzene rings is 1. The minimum atomic E-state index is -0.251. The first kappa shape index (κ1) is 11.1. The summed E-state index contributed by atoms with van der Waals surface area (Å²) in [7, 11) is 0. The average molecular weight is 218 g/mol. The molecule has 86 valence electrons. The van der Waals surface area contributed by atoms with Gasteiger partial charge in [-0.3, -0.25) is 4.79 Å². The van der Waals surface area contributed by atoms with Gasteiger partial charge in [-0.2, -0.15) is 0 Å². The Morgan fingerprint density at radius 2 is 2.00 bits per heavy atom. The molecule has 3 heteroatoms. The quantitative estimate of drug-likeness (QED) is 0.792. The summed E-state index contributed by atoms with van der Waals surface area (Å²) >= 11 is 0. The van der Waals surface area contributed by atoms with Crippen LogP contribution in [0.1, 0.15) is 24.5 Å². The van der Waals surface area contributed by atoms with E-state index in [4.69, 9.17) is 5.73 Å². The summed E-state index contributed by atoms with van der Waals surface area (Å²) < 4.78 is 0. The Morgan fingerprint density at radius 3 is 2.44 bits per heavy atom. The molecule has 0 saturated carbocycles. The van der Waals surface area contributed by atoms with Crippen LogP contribution in [0.4, 0.5) is 0 Å². The molecule has 1 aliphatic carbocycles. The first-order valence-electron chi connectivity index (χ1n) is 5.83. The molecular formula is C13H18N2O. The van der Waals surface area contributed by atoms with E-state index in [1.807, 2.05) is 6.92 Å². The van der Waals surface area contributed by atoms with Gasteiger partial charge in [0.15, 0.2) is 0 Å². The fraction of sp³-hybridized carbons (Fsp3) is 0.462. The van der Waals surface area contributed by atoms with Crippen molar-refractivity contribution in [3.8, 4) is 0 Å². The zero-order valence-corrected chi connectivity index (χ0v) is 9.57. The van der Waals surface area contributed by atoms with E-state index in [0.29, 0.717) is 6.04 Å². The van der Waals surface area contributed by atoms with Gasteiger partial charge in [-0.1, -0.05) is 31.2 Å². The molecule has 0 spiro atoms. The molecule has 1 aliphatic rings. The van der Waals surface area contributed by atoms with Gasteiger partial charge >= 0.3 is 0 Å². The number of primary amides is 1. The Balaban J connectivity index is 1.99. The molecule has 0 saturated heterocycles. The fourth-order valence-electron chi connectivity index (χ4n) is 2.36. The van der Waals surface area contributed by atoms with Gasteiger partial charge in [-0.05, 0) is 30.4 Å². The zero-order chi connectivity index (χ0) is 11.5. The lowest BCUT2D eigenvalue weighted by atomic mass is 10.1. The van der Waals surface area contributed by atoms with E-state index in [2.05, 4.69) is 29.6 Å².